The fourth-order valence-corrected chi connectivity index (χ4v) is 0.396. The first-order chi connectivity index (χ1) is 3.85. The number of hydrogen-bond donors (Lipinski definition) is 0. The predicted molar refractivity (Wildman–Crippen MR) is 34.6 cm³/mol. The first-order valence-corrected chi connectivity index (χ1v) is 2.59. The summed E-state index contributed by atoms with van der Waals surface area (Å²) < 4.78 is 0. The normalized spacial score (nSPS) is 12.5. The van der Waals surface area contributed by atoms with Crippen molar-refractivity contribution in [2.24, 2.45) is 0 Å². The zero-order chi connectivity index (χ0) is 6.41. The molecule has 0 fully saturated rings. The highest BCUT2D eigenvalue weighted by Gasteiger charge is 1.79. The molecule has 8 heavy (non-hydrogen) atoms. The predicted octanol–water partition coefficient (Wildman–Crippen LogP) is 1.71. The number of aldehydes is 1. The van der Waals surface area contributed by atoms with Crippen LogP contribution in [0.1, 0.15) is 13.8 Å². The molecule has 44 valence electrons. The molecule has 0 saturated heterocycles. The molecule has 0 amide bonds. The van der Waals surface area contributed by atoms with Crippen molar-refractivity contribution in [3.05, 3.63) is 23.8 Å². The van der Waals surface area contributed by atoms with Crippen LogP contribution >= 0.6 is 0 Å². The van der Waals surface area contributed by atoms with E-state index in [1.54, 1.807) is 12.2 Å². The minimum Gasteiger partial charge on any atom is -0.298 e. The number of hydrogen-bond acceptors (Lipinski definition) is 1. The fraction of sp³-hybridized carbons (Fsp3) is 0.286. The Morgan fingerprint density at radius 3 is 2.12 bits per heavy atom. The lowest BCUT2D eigenvalue weighted by Gasteiger charge is -1.80. The van der Waals surface area contributed by atoms with E-state index in [0.717, 1.165) is 11.9 Å². The van der Waals surface area contributed by atoms with Gasteiger partial charge >= 0.3 is 0 Å². The zero-order valence-electron chi connectivity index (χ0n) is 5.22. The van der Waals surface area contributed by atoms with Gasteiger partial charge in [0, 0.05) is 5.57 Å². The Labute approximate surface area is 49.7 Å². The smallest absolute Gasteiger partial charge is 0.149 e. The summed E-state index contributed by atoms with van der Waals surface area (Å²) in [7, 11) is 0. The van der Waals surface area contributed by atoms with Crippen LogP contribution < -0.4 is 0 Å². The lowest BCUT2D eigenvalue weighted by atomic mass is 10.3. The summed E-state index contributed by atoms with van der Waals surface area (Å²) in [6.07, 6.45) is 6.21. The van der Waals surface area contributed by atoms with E-state index in [4.69, 9.17) is 0 Å². The quantitative estimate of drug-likeness (QED) is 0.300. The van der Waals surface area contributed by atoms with E-state index in [1.807, 2.05) is 19.9 Å². The molecule has 0 aromatic carbocycles. The Morgan fingerprint density at radius 1 is 1.38 bits per heavy atom. The third-order valence-electron chi connectivity index (χ3n) is 0.829. The molecule has 0 bridgehead atoms. The SMILES string of the molecule is C/C=C\C(C=O)=C/C. The van der Waals surface area contributed by atoms with Crippen LogP contribution in [-0.2, 0) is 4.79 Å². The van der Waals surface area contributed by atoms with Gasteiger partial charge in [-0.25, -0.2) is 0 Å². The molecular weight excluding hydrogens is 100 g/mol. The maximum atomic E-state index is 10.0. The first kappa shape index (κ1) is 7.15. The molecule has 0 aliphatic rings. The van der Waals surface area contributed by atoms with Crippen LogP contribution in [0.5, 0.6) is 0 Å². The van der Waals surface area contributed by atoms with Gasteiger partial charge in [-0.05, 0) is 13.8 Å². The summed E-state index contributed by atoms with van der Waals surface area (Å²) in [5.41, 5.74) is 0.729. The van der Waals surface area contributed by atoms with Crippen molar-refractivity contribution in [2.75, 3.05) is 0 Å². The standard InChI is InChI=1S/C7H10O/c1-3-5-7(4-2)6-8/h3-6H,1-2H3/b5-3-,7-4+. The summed E-state index contributed by atoms with van der Waals surface area (Å²) in [4.78, 5) is 10.0. The molecule has 0 rings (SSSR count). The van der Waals surface area contributed by atoms with Crippen molar-refractivity contribution < 1.29 is 4.79 Å². The summed E-state index contributed by atoms with van der Waals surface area (Å²) in [6.45, 7) is 3.72. The van der Waals surface area contributed by atoms with E-state index >= 15 is 0 Å². The average Bonchev–Trinajstić information content (AvgIpc) is 1.83. The van der Waals surface area contributed by atoms with E-state index < -0.39 is 0 Å². The van der Waals surface area contributed by atoms with Crippen LogP contribution in [0.25, 0.3) is 0 Å². The van der Waals surface area contributed by atoms with Gasteiger partial charge in [-0.1, -0.05) is 18.2 Å². The van der Waals surface area contributed by atoms with Gasteiger partial charge in [-0.15, -0.1) is 0 Å². The molecule has 0 saturated carbocycles. The molecule has 0 aromatic heterocycles. The van der Waals surface area contributed by atoms with Crippen LogP contribution in [0.2, 0.25) is 0 Å². The minimum absolute atomic E-state index is 0.729. The molecular formula is C7H10O. The van der Waals surface area contributed by atoms with Gasteiger partial charge in [0.25, 0.3) is 0 Å². The second kappa shape index (κ2) is 4.31. The summed E-state index contributed by atoms with van der Waals surface area (Å²) in [5.74, 6) is 0. The van der Waals surface area contributed by atoms with Crippen molar-refractivity contribution >= 4 is 6.29 Å². The maximum Gasteiger partial charge on any atom is 0.149 e. The molecule has 0 N–H and O–H groups in total. The molecule has 1 heteroatoms. The van der Waals surface area contributed by atoms with Crippen molar-refractivity contribution in [2.45, 2.75) is 13.8 Å². The van der Waals surface area contributed by atoms with Crippen molar-refractivity contribution in [3.63, 3.8) is 0 Å². The van der Waals surface area contributed by atoms with Crippen molar-refractivity contribution in [1.29, 1.82) is 0 Å². The number of carbonyl (C=O) groups excluding carboxylic acids is 1. The highest BCUT2D eigenvalue weighted by atomic mass is 16.1. The Balaban J connectivity index is 3.91. The second-order valence-electron chi connectivity index (χ2n) is 1.41. The van der Waals surface area contributed by atoms with Gasteiger partial charge in [-0.3, -0.25) is 4.79 Å². The first-order valence-electron chi connectivity index (χ1n) is 2.59. The van der Waals surface area contributed by atoms with Crippen LogP contribution in [0.3, 0.4) is 0 Å². The average molecular weight is 110 g/mol. The number of allylic oxidation sites excluding steroid dienone is 4. The molecule has 0 radical (unpaired) electrons. The Bertz CT molecular complexity index is 120. The van der Waals surface area contributed by atoms with Gasteiger partial charge in [0.15, 0.2) is 0 Å². The molecule has 0 aliphatic carbocycles. The van der Waals surface area contributed by atoms with Gasteiger partial charge < -0.3 is 0 Å². The van der Waals surface area contributed by atoms with Crippen LogP contribution in [0.15, 0.2) is 23.8 Å². The fourth-order valence-electron chi connectivity index (χ4n) is 0.396. The van der Waals surface area contributed by atoms with E-state index in [0.29, 0.717) is 0 Å². The van der Waals surface area contributed by atoms with Gasteiger partial charge in [0.05, 0.1) is 0 Å². The Morgan fingerprint density at radius 2 is 2.00 bits per heavy atom. The third-order valence-corrected chi connectivity index (χ3v) is 0.829. The molecule has 1 nitrogen and oxygen atoms in total. The Hall–Kier alpha value is -0.850. The monoisotopic (exact) mass is 110 g/mol. The van der Waals surface area contributed by atoms with E-state index in [9.17, 15) is 4.79 Å². The third kappa shape index (κ3) is 2.35. The minimum atomic E-state index is 0.729. The lowest BCUT2D eigenvalue weighted by molar-refractivity contribution is -0.104. The number of carbonyl (C=O) groups is 1. The summed E-state index contributed by atoms with van der Waals surface area (Å²) >= 11 is 0. The van der Waals surface area contributed by atoms with E-state index in [-0.39, 0.29) is 0 Å². The van der Waals surface area contributed by atoms with Crippen LogP contribution in [-0.4, -0.2) is 6.29 Å². The van der Waals surface area contributed by atoms with Crippen molar-refractivity contribution in [1.82, 2.24) is 0 Å². The molecule has 0 spiro atoms. The highest BCUT2D eigenvalue weighted by molar-refractivity contribution is 5.77. The molecule has 0 heterocycles. The van der Waals surface area contributed by atoms with Gasteiger partial charge in [-0.2, -0.15) is 0 Å². The Kier molecular flexibility index (Phi) is 3.85. The van der Waals surface area contributed by atoms with Gasteiger partial charge in [0.1, 0.15) is 6.29 Å². The highest BCUT2D eigenvalue weighted by Crippen LogP contribution is 1.89. The van der Waals surface area contributed by atoms with Crippen molar-refractivity contribution in [3.8, 4) is 0 Å². The second-order valence-corrected chi connectivity index (χ2v) is 1.41. The summed E-state index contributed by atoms with van der Waals surface area (Å²) in [6, 6.07) is 0. The number of rotatable bonds is 2. The largest absolute Gasteiger partial charge is 0.298 e. The maximum absolute atomic E-state index is 10.0. The molecule has 0 unspecified atom stereocenters. The molecule has 0 atom stereocenters. The topological polar surface area (TPSA) is 17.1 Å². The zero-order valence-corrected chi connectivity index (χ0v) is 5.22. The van der Waals surface area contributed by atoms with Crippen LogP contribution in [0.4, 0.5) is 0 Å². The van der Waals surface area contributed by atoms with Gasteiger partial charge in [0.2, 0.25) is 0 Å². The van der Waals surface area contributed by atoms with E-state index in [2.05, 4.69) is 0 Å². The molecule has 0 aromatic rings. The van der Waals surface area contributed by atoms with E-state index in [1.165, 1.54) is 0 Å². The van der Waals surface area contributed by atoms with Crippen LogP contribution in [0, 0.1) is 0 Å². The molecule has 0 aliphatic heterocycles. The summed E-state index contributed by atoms with van der Waals surface area (Å²) in [5, 5.41) is 0. The lowest BCUT2D eigenvalue weighted by Crippen LogP contribution is -1.74.